The van der Waals surface area contributed by atoms with Crippen LogP contribution in [0.4, 0.5) is 21.9 Å². The highest BCUT2D eigenvalue weighted by Gasteiger charge is 2.24. The Morgan fingerprint density at radius 3 is 2.43 bits per heavy atom. The minimum absolute atomic E-state index is 0.0477. The van der Waals surface area contributed by atoms with E-state index in [1.165, 1.54) is 6.07 Å². The lowest BCUT2D eigenvalue weighted by atomic mass is 10.0. The number of aromatic nitrogens is 1. The first-order valence-electron chi connectivity index (χ1n) is 20.3. The van der Waals surface area contributed by atoms with Crippen molar-refractivity contribution in [2.24, 2.45) is 0 Å². The van der Waals surface area contributed by atoms with Gasteiger partial charge in [-0.1, -0.05) is 72.8 Å². The number of carbonyl (C=O) groups excluding carboxylic acids is 3. The number of nitrogens with zero attached hydrogens (tertiary/aromatic N) is 2. The van der Waals surface area contributed by atoms with Gasteiger partial charge in [-0.25, -0.2) is 4.79 Å². The van der Waals surface area contributed by atoms with Crippen molar-refractivity contribution in [3.63, 3.8) is 0 Å². The molecule has 0 saturated carbocycles. The van der Waals surface area contributed by atoms with Gasteiger partial charge in [0.15, 0.2) is 0 Å². The first-order valence-corrected chi connectivity index (χ1v) is 20.3. The standard InChI is InChI=1S/C48H50N6O6/c1-32-29-33(31-49-25-21-35-16-19-43(55)46-40(35)17-20-44(56)52-46)15-18-41(32)50-47(58)36-11-8-12-37(30-36)53(2)45(57)24-28-54-26-22-38(23-27-54)60-48(59)51-42-14-7-6-13-39(42)34-9-4-3-5-10-34/h3-20,29-30,38,49,55H,21-28,31H2,1-2H3,(H,50,58)(H,51,59)(H,52,56). The molecule has 60 heavy (non-hydrogen) atoms. The van der Waals surface area contributed by atoms with Crippen LogP contribution in [0.2, 0.25) is 0 Å². The summed E-state index contributed by atoms with van der Waals surface area (Å²) in [4.78, 5) is 57.7. The predicted molar refractivity (Wildman–Crippen MR) is 237 cm³/mol. The molecule has 0 unspecified atom stereocenters. The molecule has 3 amide bonds. The molecular formula is C48H50N6O6. The number of hydrogen-bond acceptors (Lipinski definition) is 8. The molecule has 5 N–H and O–H groups in total. The van der Waals surface area contributed by atoms with E-state index < -0.39 is 6.09 Å². The van der Waals surface area contributed by atoms with Crippen LogP contribution < -0.4 is 26.4 Å². The van der Waals surface area contributed by atoms with E-state index >= 15 is 0 Å². The molecule has 12 heteroatoms. The summed E-state index contributed by atoms with van der Waals surface area (Å²) in [6.45, 7) is 5.27. The predicted octanol–water partition coefficient (Wildman–Crippen LogP) is 7.86. The van der Waals surface area contributed by atoms with Gasteiger partial charge in [-0.3, -0.25) is 19.7 Å². The molecule has 0 atom stereocenters. The number of nitrogens with one attached hydrogen (secondary N) is 4. The maximum atomic E-state index is 13.4. The molecule has 1 aliphatic rings. The number of amides is 3. The van der Waals surface area contributed by atoms with Gasteiger partial charge >= 0.3 is 6.09 Å². The number of piperidine rings is 1. The van der Waals surface area contributed by atoms with Gasteiger partial charge in [0.25, 0.3) is 5.91 Å². The number of hydrogen-bond donors (Lipinski definition) is 5. The van der Waals surface area contributed by atoms with Gasteiger partial charge in [-0.05, 0) is 97.4 Å². The Morgan fingerprint density at radius 1 is 0.850 bits per heavy atom. The van der Waals surface area contributed by atoms with E-state index in [2.05, 4.69) is 25.8 Å². The van der Waals surface area contributed by atoms with Crippen LogP contribution >= 0.6 is 0 Å². The van der Waals surface area contributed by atoms with Crippen LogP contribution in [0, 0.1) is 6.92 Å². The van der Waals surface area contributed by atoms with Crippen molar-refractivity contribution in [1.29, 1.82) is 0 Å². The fourth-order valence-electron chi connectivity index (χ4n) is 7.57. The van der Waals surface area contributed by atoms with E-state index in [9.17, 15) is 24.3 Å². The van der Waals surface area contributed by atoms with Crippen LogP contribution in [0.15, 0.2) is 126 Å². The number of likely N-dealkylation sites (tertiary alicyclic amines) is 1. The van der Waals surface area contributed by atoms with Crippen LogP contribution in [0.5, 0.6) is 5.75 Å². The lowest BCUT2D eigenvalue weighted by molar-refractivity contribution is -0.118. The summed E-state index contributed by atoms with van der Waals surface area (Å²) < 4.78 is 5.78. The number of aromatic amines is 1. The van der Waals surface area contributed by atoms with Gasteiger partial charge in [0.2, 0.25) is 11.5 Å². The molecule has 1 fully saturated rings. The highest BCUT2D eigenvalue weighted by molar-refractivity contribution is 6.06. The SMILES string of the molecule is Cc1cc(CNCCc2ccc(O)c3[nH]c(=O)ccc23)ccc1NC(=O)c1cccc(N(C)C(=O)CCN2CCC(OC(=O)Nc3ccccc3-c3ccccc3)CC2)c1. The molecule has 0 aliphatic carbocycles. The number of H-pyrrole nitrogens is 1. The first kappa shape index (κ1) is 41.4. The lowest BCUT2D eigenvalue weighted by Gasteiger charge is -2.31. The second kappa shape index (κ2) is 19.3. The minimum atomic E-state index is -0.475. The monoisotopic (exact) mass is 806 g/mol. The van der Waals surface area contributed by atoms with E-state index in [1.54, 1.807) is 42.3 Å². The molecule has 1 saturated heterocycles. The zero-order chi connectivity index (χ0) is 42.0. The number of rotatable bonds is 14. The van der Waals surface area contributed by atoms with Gasteiger partial charge in [0, 0.05) is 73.6 Å². The number of benzene rings is 5. The molecule has 1 aromatic heterocycles. The second-order valence-electron chi connectivity index (χ2n) is 15.1. The second-order valence-corrected chi connectivity index (χ2v) is 15.1. The molecule has 2 heterocycles. The van der Waals surface area contributed by atoms with Crippen molar-refractivity contribution in [3.8, 4) is 16.9 Å². The molecule has 7 rings (SSSR count). The van der Waals surface area contributed by atoms with Crippen molar-refractivity contribution >= 4 is 45.9 Å². The van der Waals surface area contributed by atoms with Crippen molar-refractivity contribution in [1.82, 2.24) is 15.2 Å². The molecular weight excluding hydrogens is 757 g/mol. The number of para-hydroxylation sites is 1. The smallest absolute Gasteiger partial charge is 0.411 e. The average Bonchev–Trinajstić information content (AvgIpc) is 3.26. The Hall–Kier alpha value is -6.76. The Morgan fingerprint density at radius 2 is 1.63 bits per heavy atom. The Bertz CT molecular complexity index is 2530. The lowest BCUT2D eigenvalue weighted by Crippen LogP contribution is -2.40. The van der Waals surface area contributed by atoms with Crippen LogP contribution in [0.3, 0.4) is 0 Å². The third-order valence-electron chi connectivity index (χ3n) is 11.0. The fourth-order valence-corrected chi connectivity index (χ4v) is 7.57. The van der Waals surface area contributed by atoms with Crippen LogP contribution in [0.1, 0.15) is 46.3 Å². The number of aryl methyl sites for hydroxylation is 1. The molecule has 12 nitrogen and oxygen atoms in total. The average molecular weight is 807 g/mol. The number of fused-ring (bicyclic) bond motifs is 1. The van der Waals surface area contributed by atoms with Crippen LogP contribution in [-0.2, 0) is 22.5 Å². The number of phenolic OH excluding ortho intramolecular Hbond substituents is 1. The normalized spacial score (nSPS) is 13.2. The number of aromatic hydroxyl groups is 1. The largest absolute Gasteiger partial charge is 0.506 e. The highest BCUT2D eigenvalue weighted by atomic mass is 16.6. The van der Waals surface area contributed by atoms with E-state index in [1.807, 2.05) is 91.9 Å². The Kier molecular flexibility index (Phi) is 13.3. The summed E-state index contributed by atoms with van der Waals surface area (Å²) in [5.74, 6) is -0.282. The Balaban J connectivity index is 0.836. The van der Waals surface area contributed by atoms with Gasteiger partial charge in [-0.15, -0.1) is 0 Å². The van der Waals surface area contributed by atoms with E-state index in [0.717, 1.165) is 33.2 Å². The highest BCUT2D eigenvalue weighted by Crippen LogP contribution is 2.29. The van der Waals surface area contributed by atoms with Gasteiger partial charge in [-0.2, -0.15) is 0 Å². The van der Waals surface area contributed by atoms with E-state index in [-0.39, 0.29) is 29.2 Å². The quantitative estimate of drug-likeness (QED) is 0.0697. The molecule has 6 aromatic rings. The summed E-state index contributed by atoms with van der Waals surface area (Å²) >= 11 is 0. The number of carbonyl (C=O) groups is 3. The van der Waals surface area contributed by atoms with E-state index in [0.29, 0.717) is 86.5 Å². The third kappa shape index (κ3) is 10.5. The molecule has 5 aromatic carbocycles. The van der Waals surface area contributed by atoms with Crippen molar-refractivity contribution in [2.45, 2.75) is 45.3 Å². The van der Waals surface area contributed by atoms with Gasteiger partial charge in [0.05, 0.1) is 11.2 Å². The zero-order valence-corrected chi connectivity index (χ0v) is 33.9. The van der Waals surface area contributed by atoms with Gasteiger partial charge in [0.1, 0.15) is 11.9 Å². The van der Waals surface area contributed by atoms with Gasteiger partial charge < -0.3 is 35.3 Å². The minimum Gasteiger partial charge on any atom is -0.506 e. The number of anilines is 3. The van der Waals surface area contributed by atoms with Crippen LogP contribution in [-0.4, -0.2) is 72.2 Å². The van der Waals surface area contributed by atoms with Crippen LogP contribution in [0.25, 0.3) is 22.0 Å². The summed E-state index contributed by atoms with van der Waals surface area (Å²) in [5.41, 5.74) is 7.59. The third-order valence-corrected chi connectivity index (χ3v) is 11.0. The molecule has 0 bridgehead atoms. The first-order chi connectivity index (χ1) is 29.1. The van der Waals surface area contributed by atoms with Crippen molar-refractivity contribution in [3.05, 3.63) is 154 Å². The summed E-state index contributed by atoms with van der Waals surface area (Å²) in [6, 6.07) is 37.2. The summed E-state index contributed by atoms with van der Waals surface area (Å²) in [5, 5.41) is 20.4. The zero-order valence-electron chi connectivity index (χ0n) is 33.9. The Labute approximate surface area is 349 Å². The molecule has 1 aliphatic heterocycles. The number of phenols is 1. The fraction of sp³-hybridized carbons (Fsp3) is 0.250. The maximum Gasteiger partial charge on any atom is 0.411 e. The number of pyridine rings is 1. The van der Waals surface area contributed by atoms with Crippen molar-refractivity contribution < 1.29 is 24.2 Å². The molecule has 308 valence electrons. The number of ether oxygens (including phenoxy) is 1. The molecule has 0 radical (unpaired) electrons. The summed E-state index contributed by atoms with van der Waals surface area (Å²) in [6.07, 6.45) is 1.70. The maximum absolute atomic E-state index is 13.4. The van der Waals surface area contributed by atoms with Crippen molar-refractivity contribution in [2.75, 3.05) is 48.8 Å². The topological polar surface area (TPSA) is 156 Å². The summed E-state index contributed by atoms with van der Waals surface area (Å²) in [7, 11) is 1.72. The van der Waals surface area contributed by atoms with E-state index in [4.69, 9.17) is 4.74 Å². The molecule has 0 spiro atoms.